The Hall–Kier alpha value is -2.99. The summed E-state index contributed by atoms with van der Waals surface area (Å²) < 4.78 is 26.5. The van der Waals surface area contributed by atoms with Crippen molar-refractivity contribution in [2.24, 2.45) is 0 Å². The van der Waals surface area contributed by atoms with E-state index in [-0.39, 0.29) is 35.0 Å². The molecule has 1 saturated heterocycles. The van der Waals surface area contributed by atoms with E-state index in [1.54, 1.807) is 30.3 Å². The molecule has 0 N–H and O–H groups in total. The zero-order valence-electron chi connectivity index (χ0n) is 16.9. The van der Waals surface area contributed by atoms with E-state index in [9.17, 15) is 14.0 Å². The molecular weight excluding hydrogens is 385 g/mol. The first-order valence-electron chi connectivity index (χ1n) is 10.2. The van der Waals surface area contributed by atoms with Crippen molar-refractivity contribution >= 4 is 16.9 Å². The van der Waals surface area contributed by atoms with Gasteiger partial charge in [0, 0.05) is 18.7 Å². The van der Waals surface area contributed by atoms with Crippen LogP contribution in [0.25, 0.3) is 11.0 Å². The molecule has 0 saturated carbocycles. The molecule has 154 valence electrons. The fourth-order valence-electron chi connectivity index (χ4n) is 4.49. The molecule has 6 heteroatoms. The molecule has 2 atom stereocenters. The van der Waals surface area contributed by atoms with Gasteiger partial charge in [0.05, 0.1) is 23.1 Å². The number of carbonyl (C=O) groups excluding carboxylic acids is 1. The quantitative estimate of drug-likeness (QED) is 0.651. The summed E-state index contributed by atoms with van der Waals surface area (Å²) in [6.07, 6.45) is 1.61. The summed E-state index contributed by atoms with van der Waals surface area (Å²) in [7, 11) is 0. The van der Waals surface area contributed by atoms with Crippen molar-refractivity contribution in [2.45, 2.75) is 38.8 Å². The van der Waals surface area contributed by atoms with Crippen molar-refractivity contribution in [3.05, 3.63) is 80.5 Å². The highest BCUT2D eigenvalue weighted by Gasteiger charge is 2.44. The average Bonchev–Trinajstić information content (AvgIpc) is 3.32. The van der Waals surface area contributed by atoms with E-state index in [0.29, 0.717) is 17.6 Å². The van der Waals surface area contributed by atoms with Gasteiger partial charge in [-0.25, -0.2) is 4.39 Å². The fraction of sp³-hybridized carbons (Fsp3) is 0.333. The van der Waals surface area contributed by atoms with Crippen molar-refractivity contribution in [3.8, 4) is 0 Å². The minimum Gasteiger partial charge on any atom is -0.450 e. The van der Waals surface area contributed by atoms with Crippen LogP contribution < -0.4 is 5.43 Å². The molecule has 5 nitrogen and oxygen atoms in total. The smallest absolute Gasteiger partial charge is 0.291 e. The molecule has 1 fully saturated rings. The van der Waals surface area contributed by atoms with Crippen molar-refractivity contribution < 1.29 is 18.3 Å². The van der Waals surface area contributed by atoms with Crippen LogP contribution in [0.5, 0.6) is 0 Å². The molecule has 1 aromatic heterocycles. The van der Waals surface area contributed by atoms with Crippen LogP contribution >= 0.6 is 0 Å². The number of hydrogen-bond donors (Lipinski definition) is 0. The Labute approximate surface area is 173 Å². The molecule has 0 unspecified atom stereocenters. The molecule has 0 radical (unpaired) electrons. The van der Waals surface area contributed by atoms with E-state index in [0.717, 1.165) is 24.0 Å². The van der Waals surface area contributed by atoms with E-state index < -0.39 is 17.8 Å². The summed E-state index contributed by atoms with van der Waals surface area (Å²) >= 11 is 0. The van der Waals surface area contributed by atoms with Crippen LogP contribution in [0.3, 0.4) is 0 Å². The SMILES string of the molecule is Cc1cc2oc3c(c(=O)c2cc1C)[C@H](c1ccccc1F)N(C[C@@H]1CCCO1)C3=O. The molecule has 3 heterocycles. The standard InChI is InChI=1S/C24H22FNO4/c1-13-10-17-19(11-14(13)2)30-23-20(22(17)27)21(16-7-3-4-8-18(16)25)26(24(23)28)12-15-6-5-9-29-15/h3-4,7-8,10-11,15,21H,5-6,9,12H2,1-2H3/t15-,21-/m0/s1. The number of hydrogen-bond acceptors (Lipinski definition) is 4. The van der Waals surface area contributed by atoms with Crippen LogP contribution in [0.1, 0.15) is 51.7 Å². The Balaban J connectivity index is 1.74. The maximum absolute atomic E-state index is 14.8. The number of amides is 1. The summed E-state index contributed by atoms with van der Waals surface area (Å²) in [6, 6.07) is 8.99. The molecule has 0 spiro atoms. The molecule has 2 aromatic carbocycles. The largest absolute Gasteiger partial charge is 0.450 e. The number of ether oxygens (including phenoxy) is 1. The molecule has 1 amide bonds. The van der Waals surface area contributed by atoms with Crippen molar-refractivity contribution in [3.63, 3.8) is 0 Å². The van der Waals surface area contributed by atoms with E-state index >= 15 is 0 Å². The van der Waals surface area contributed by atoms with E-state index in [2.05, 4.69) is 0 Å². The van der Waals surface area contributed by atoms with Gasteiger partial charge in [-0.2, -0.15) is 0 Å². The second kappa shape index (κ2) is 7.06. The van der Waals surface area contributed by atoms with Crippen LogP contribution in [0.2, 0.25) is 0 Å². The van der Waals surface area contributed by atoms with Crippen LogP contribution in [0, 0.1) is 19.7 Å². The Morgan fingerprint density at radius 2 is 1.90 bits per heavy atom. The number of aryl methyl sites for hydroxylation is 2. The predicted molar refractivity (Wildman–Crippen MR) is 110 cm³/mol. The summed E-state index contributed by atoms with van der Waals surface area (Å²) in [5.74, 6) is -0.854. The number of carbonyl (C=O) groups is 1. The summed E-state index contributed by atoms with van der Waals surface area (Å²) in [4.78, 5) is 28.4. The maximum atomic E-state index is 14.8. The Kier molecular flexibility index (Phi) is 4.47. The van der Waals surface area contributed by atoms with Crippen molar-refractivity contribution in [2.75, 3.05) is 13.2 Å². The van der Waals surface area contributed by atoms with Crippen LogP contribution in [0.4, 0.5) is 4.39 Å². The predicted octanol–water partition coefficient (Wildman–Crippen LogP) is 4.27. The second-order valence-electron chi connectivity index (χ2n) is 8.12. The third kappa shape index (κ3) is 2.86. The minimum absolute atomic E-state index is 0.00185. The lowest BCUT2D eigenvalue weighted by molar-refractivity contribution is 0.0483. The van der Waals surface area contributed by atoms with E-state index in [4.69, 9.17) is 9.15 Å². The molecule has 0 aliphatic carbocycles. The molecule has 5 rings (SSSR count). The third-order valence-electron chi connectivity index (χ3n) is 6.21. The molecule has 3 aromatic rings. The maximum Gasteiger partial charge on any atom is 0.291 e. The fourth-order valence-corrected chi connectivity index (χ4v) is 4.49. The Morgan fingerprint density at radius 3 is 2.63 bits per heavy atom. The first-order chi connectivity index (χ1) is 14.5. The summed E-state index contributed by atoms with van der Waals surface area (Å²) in [5.41, 5.74) is 2.51. The lowest BCUT2D eigenvalue weighted by atomic mass is 9.97. The highest BCUT2D eigenvalue weighted by molar-refractivity contribution is 5.99. The van der Waals surface area contributed by atoms with E-state index in [1.807, 2.05) is 13.8 Å². The Morgan fingerprint density at radius 1 is 1.13 bits per heavy atom. The molecule has 2 aliphatic rings. The van der Waals surface area contributed by atoms with Gasteiger partial charge in [0.2, 0.25) is 5.76 Å². The zero-order chi connectivity index (χ0) is 21.0. The van der Waals surface area contributed by atoms with Gasteiger partial charge < -0.3 is 14.1 Å². The molecule has 2 aliphatic heterocycles. The van der Waals surface area contributed by atoms with Crippen LogP contribution in [0.15, 0.2) is 45.6 Å². The number of rotatable bonds is 3. The first-order valence-corrected chi connectivity index (χ1v) is 10.2. The lowest BCUT2D eigenvalue weighted by Gasteiger charge is -2.27. The van der Waals surface area contributed by atoms with Gasteiger partial charge in [0.1, 0.15) is 11.4 Å². The Bertz CT molecular complexity index is 1230. The van der Waals surface area contributed by atoms with Gasteiger partial charge in [-0.05, 0) is 56.0 Å². The van der Waals surface area contributed by atoms with Gasteiger partial charge in [0.15, 0.2) is 5.43 Å². The van der Waals surface area contributed by atoms with Gasteiger partial charge in [-0.15, -0.1) is 0 Å². The summed E-state index contributed by atoms with van der Waals surface area (Å²) in [5, 5.41) is 0.407. The van der Waals surface area contributed by atoms with Crippen molar-refractivity contribution in [1.82, 2.24) is 4.90 Å². The average molecular weight is 407 g/mol. The highest BCUT2D eigenvalue weighted by atomic mass is 19.1. The normalized spacial score (nSPS) is 20.9. The topological polar surface area (TPSA) is 59.8 Å². The van der Waals surface area contributed by atoms with Gasteiger partial charge in [-0.3, -0.25) is 9.59 Å². The lowest BCUT2D eigenvalue weighted by Crippen LogP contribution is -2.36. The number of halogens is 1. The van der Waals surface area contributed by atoms with Crippen LogP contribution in [-0.2, 0) is 4.74 Å². The first kappa shape index (κ1) is 19.0. The zero-order valence-corrected chi connectivity index (χ0v) is 16.9. The number of nitrogens with zero attached hydrogens (tertiary/aromatic N) is 1. The molecule has 30 heavy (non-hydrogen) atoms. The van der Waals surface area contributed by atoms with Gasteiger partial charge in [0.25, 0.3) is 5.91 Å². The van der Waals surface area contributed by atoms with Crippen LogP contribution in [-0.4, -0.2) is 30.1 Å². The minimum atomic E-state index is -0.833. The van der Waals surface area contributed by atoms with Gasteiger partial charge >= 0.3 is 0 Å². The number of fused-ring (bicyclic) bond motifs is 2. The van der Waals surface area contributed by atoms with E-state index in [1.165, 1.54) is 11.0 Å². The second-order valence-corrected chi connectivity index (χ2v) is 8.12. The monoisotopic (exact) mass is 407 g/mol. The third-order valence-corrected chi connectivity index (χ3v) is 6.21. The number of benzene rings is 2. The molecule has 0 bridgehead atoms. The molecular formula is C24H22FNO4. The summed E-state index contributed by atoms with van der Waals surface area (Å²) in [6.45, 7) is 4.78. The van der Waals surface area contributed by atoms with Crippen molar-refractivity contribution in [1.29, 1.82) is 0 Å². The van der Waals surface area contributed by atoms with Gasteiger partial charge in [-0.1, -0.05) is 18.2 Å². The highest BCUT2D eigenvalue weighted by Crippen LogP contribution is 2.40.